The zero-order chi connectivity index (χ0) is 11.7. The van der Waals surface area contributed by atoms with E-state index in [9.17, 15) is 0 Å². The Morgan fingerprint density at radius 3 is 2.47 bits per heavy atom. The Balaban J connectivity index is 2.10. The molecule has 0 saturated heterocycles. The maximum absolute atomic E-state index is 5.69. The van der Waals surface area contributed by atoms with Crippen LogP contribution in [0.4, 0.5) is 0 Å². The molecule has 0 radical (unpaired) electrons. The van der Waals surface area contributed by atoms with E-state index in [1.807, 2.05) is 18.2 Å². The van der Waals surface area contributed by atoms with Crippen LogP contribution in [0.1, 0.15) is 23.5 Å². The lowest BCUT2D eigenvalue weighted by atomic mass is 9.86. The predicted molar refractivity (Wildman–Crippen MR) is 69.1 cm³/mol. The van der Waals surface area contributed by atoms with Crippen molar-refractivity contribution >= 4 is 0 Å². The first-order valence-electron chi connectivity index (χ1n) is 5.84. The van der Waals surface area contributed by atoms with Crippen LogP contribution in [0.3, 0.4) is 0 Å². The van der Waals surface area contributed by atoms with Crippen molar-refractivity contribution in [3.05, 3.63) is 78.1 Å². The number of allylic oxidation sites excluding steroid dienone is 1. The van der Waals surface area contributed by atoms with Gasteiger partial charge < -0.3 is 4.74 Å². The minimum atomic E-state index is 0.369. The van der Waals surface area contributed by atoms with Gasteiger partial charge in [0.2, 0.25) is 0 Å². The summed E-state index contributed by atoms with van der Waals surface area (Å²) in [5.74, 6) is 2.16. The molecule has 0 amide bonds. The van der Waals surface area contributed by atoms with Crippen molar-refractivity contribution in [1.82, 2.24) is 0 Å². The van der Waals surface area contributed by atoms with E-state index in [1.165, 1.54) is 11.1 Å². The van der Waals surface area contributed by atoms with Crippen LogP contribution in [-0.4, -0.2) is 0 Å². The van der Waals surface area contributed by atoms with Gasteiger partial charge in [0.1, 0.15) is 5.75 Å². The molecule has 17 heavy (non-hydrogen) atoms. The molecule has 1 aliphatic rings. The van der Waals surface area contributed by atoms with Gasteiger partial charge in [0.15, 0.2) is 0 Å². The first kappa shape index (κ1) is 10.2. The topological polar surface area (TPSA) is 9.23 Å². The van der Waals surface area contributed by atoms with Crippen molar-refractivity contribution in [2.75, 3.05) is 0 Å². The highest BCUT2D eigenvalue weighted by Gasteiger charge is 2.24. The number of hydrogen-bond donors (Lipinski definition) is 0. The molecular weight excluding hydrogens is 208 g/mol. The summed E-state index contributed by atoms with van der Waals surface area (Å²) < 4.78 is 5.69. The average Bonchev–Trinajstić information content (AvgIpc) is 2.39. The third kappa shape index (κ3) is 1.84. The highest BCUT2D eigenvalue weighted by atomic mass is 16.5. The van der Waals surface area contributed by atoms with E-state index < -0.39 is 0 Å². The zero-order valence-electron chi connectivity index (χ0n) is 9.60. The molecule has 0 fully saturated rings. The van der Waals surface area contributed by atoms with E-state index >= 15 is 0 Å². The molecule has 1 heteroatoms. The highest BCUT2D eigenvalue weighted by Crippen LogP contribution is 2.40. The first-order chi connectivity index (χ1) is 8.34. The Morgan fingerprint density at radius 2 is 1.65 bits per heavy atom. The van der Waals surface area contributed by atoms with Crippen molar-refractivity contribution in [3.63, 3.8) is 0 Å². The fourth-order valence-electron chi connectivity index (χ4n) is 2.38. The van der Waals surface area contributed by atoms with Gasteiger partial charge in [-0.15, -0.1) is 0 Å². The average molecular weight is 222 g/mol. The summed E-state index contributed by atoms with van der Waals surface area (Å²) in [6.07, 6.45) is 0.862. The van der Waals surface area contributed by atoms with Gasteiger partial charge in [0.25, 0.3) is 0 Å². The molecule has 0 aliphatic carbocycles. The molecule has 1 aliphatic heterocycles. The minimum absolute atomic E-state index is 0.369. The van der Waals surface area contributed by atoms with Gasteiger partial charge in [-0.25, -0.2) is 0 Å². The van der Waals surface area contributed by atoms with Gasteiger partial charge in [0.05, 0.1) is 5.76 Å². The van der Waals surface area contributed by atoms with Crippen LogP contribution >= 0.6 is 0 Å². The summed E-state index contributed by atoms with van der Waals surface area (Å²) in [5, 5.41) is 0. The molecule has 0 bridgehead atoms. The largest absolute Gasteiger partial charge is 0.462 e. The molecule has 1 nitrogen and oxygen atoms in total. The van der Waals surface area contributed by atoms with E-state index in [1.54, 1.807) is 0 Å². The van der Waals surface area contributed by atoms with Crippen LogP contribution in [0.15, 0.2) is 66.9 Å². The van der Waals surface area contributed by atoms with E-state index in [0.29, 0.717) is 5.92 Å². The van der Waals surface area contributed by atoms with Gasteiger partial charge in [-0.05, 0) is 11.6 Å². The molecule has 0 spiro atoms. The predicted octanol–water partition coefficient (Wildman–Crippen LogP) is 4.11. The number of fused-ring (bicyclic) bond motifs is 1. The molecular formula is C16H14O. The maximum Gasteiger partial charge on any atom is 0.130 e. The Morgan fingerprint density at radius 1 is 0.941 bits per heavy atom. The van der Waals surface area contributed by atoms with Gasteiger partial charge in [-0.1, -0.05) is 55.1 Å². The summed E-state index contributed by atoms with van der Waals surface area (Å²) in [6.45, 7) is 3.97. The van der Waals surface area contributed by atoms with Gasteiger partial charge in [-0.3, -0.25) is 0 Å². The standard InChI is InChI=1S/C16H14O/c1-12-11-15(13-7-3-2-4-8-13)14-9-5-6-10-16(14)17-12/h2-10,15H,1,11H2. The number of rotatable bonds is 1. The van der Waals surface area contributed by atoms with E-state index in [0.717, 1.165) is 17.9 Å². The maximum atomic E-state index is 5.69. The number of para-hydroxylation sites is 1. The summed E-state index contributed by atoms with van der Waals surface area (Å²) in [7, 11) is 0. The van der Waals surface area contributed by atoms with E-state index in [4.69, 9.17) is 4.74 Å². The number of ether oxygens (including phenoxy) is 1. The third-order valence-electron chi connectivity index (χ3n) is 3.18. The van der Waals surface area contributed by atoms with E-state index in [-0.39, 0.29) is 0 Å². The summed E-state index contributed by atoms with van der Waals surface area (Å²) in [5.41, 5.74) is 2.58. The Hall–Kier alpha value is -2.02. The molecule has 3 rings (SSSR count). The molecule has 0 aromatic heterocycles. The normalized spacial score (nSPS) is 18.4. The smallest absolute Gasteiger partial charge is 0.130 e. The van der Waals surface area contributed by atoms with Crippen LogP contribution < -0.4 is 4.74 Å². The van der Waals surface area contributed by atoms with Crippen molar-refractivity contribution in [2.24, 2.45) is 0 Å². The van der Waals surface area contributed by atoms with E-state index in [2.05, 4.69) is 43.0 Å². The lowest BCUT2D eigenvalue weighted by Crippen LogP contribution is -2.12. The zero-order valence-corrected chi connectivity index (χ0v) is 9.60. The molecule has 0 saturated carbocycles. The van der Waals surface area contributed by atoms with Gasteiger partial charge in [0, 0.05) is 17.9 Å². The van der Waals surface area contributed by atoms with Crippen LogP contribution in [0.5, 0.6) is 5.75 Å². The number of hydrogen-bond acceptors (Lipinski definition) is 1. The lowest BCUT2D eigenvalue weighted by molar-refractivity contribution is 0.368. The van der Waals surface area contributed by atoms with Crippen molar-refractivity contribution in [2.45, 2.75) is 12.3 Å². The van der Waals surface area contributed by atoms with Gasteiger partial charge in [-0.2, -0.15) is 0 Å². The summed E-state index contributed by atoms with van der Waals surface area (Å²) >= 11 is 0. The Bertz CT molecular complexity index is 542. The summed E-state index contributed by atoms with van der Waals surface area (Å²) in [4.78, 5) is 0. The summed E-state index contributed by atoms with van der Waals surface area (Å²) in [6, 6.07) is 18.7. The van der Waals surface area contributed by atoms with Gasteiger partial charge >= 0.3 is 0 Å². The Labute approximate surface area is 101 Å². The molecule has 84 valence electrons. The SMILES string of the molecule is C=C1CC(c2ccccc2)c2ccccc2O1. The molecule has 1 atom stereocenters. The number of benzene rings is 2. The molecule has 1 heterocycles. The quantitative estimate of drug-likeness (QED) is 0.705. The van der Waals surface area contributed by atoms with Crippen LogP contribution in [0.25, 0.3) is 0 Å². The lowest BCUT2D eigenvalue weighted by Gasteiger charge is -2.27. The fraction of sp³-hybridized carbons (Fsp3) is 0.125. The first-order valence-corrected chi connectivity index (χ1v) is 5.84. The van der Waals surface area contributed by atoms with Crippen LogP contribution in [0.2, 0.25) is 0 Å². The second kappa shape index (κ2) is 4.10. The second-order valence-electron chi connectivity index (χ2n) is 4.35. The third-order valence-corrected chi connectivity index (χ3v) is 3.18. The van der Waals surface area contributed by atoms with Crippen molar-refractivity contribution in [3.8, 4) is 5.75 Å². The molecule has 0 N–H and O–H groups in total. The monoisotopic (exact) mass is 222 g/mol. The van der Waals surface area contributed by atoms with Crippen molar-refractivity contribution in [1.29, 1.82) is 0 Å². The molecule has 2 aromatic carbocycles. The highest BCUT2D eigenvalue weighted by molar-refractivity contribution is 5.45. The minimum Gasteiger partial charge on any atom is -0.462 e. The van der Waals surface area contributed by atoms with Crippen molar-refractivity contribution < 1.29 is 4.74 Å². The fourth-order valence-corrected chi connectivity index (χ4v) is 2.38. The Kier molecular flexibility index (Phi) is 2.45. The van der Waals surface area contributed by atoms with Crippen LogP contribution in [-0.2, 0) is 0 Å². The molecule has 2 aromatic rings. The second-order valence-corrected chi connectivity index (χ2v) is 4.35. The molecule has 1 unspecified atom stereocenters. The van der Waals surface area contributed by atoms with Crippen LogP contribution in [0, 0.1) is 0 Å².